The van der Waals surface area contributed by atoms with Crippen molar-refractivity contribution in [3.8, 4) is 0 Å². The summed E-state index contributed by atoms with van der Waals surface area (Å²) >= 11 is 0. The van der Waals surface area contributed by atoms with Gasteiger partial charge in [0.1, 0.15) is 5.82 Å². The average molecular weight is 353 g/mol. The first-order valence-electron chi connectivity index (χ1n) is 9.10. The molecule has 1 aliphatic heterocycles. The number of hydrogen-bond acceptors (Lipinski definition) is 5. The molecule has 5 heteroatoms. The van der Waals surface area contributed by atoms with Crippen LogP contribution in [0.2, 0.25) is 0 Å². The fourth-order valence-electron chi connectivity index (χ4n) is 3.63. The molecular weight excluding hydrogens is 334 g/mol. The molecule has 1 N–H and O–H groups in total. The number of pyridine rings is 1. The molecule has 2 aromatic heterocycles. The third kappa shape index (κ3) is 2.87. The third-order valence-electron chi connectivity index (χ3n) is 4.87. The van der Waals surface area contributed by atoms with E-state index in [0.717, 1.165) is 47.0 Å². The summed E-state index contributed by atoms with van der Waals surface area (Å²) in [5.74, 6) is 1.51. The highest BCUT2D eigenvalue weighted by molar-refractivity contribution is 5.91. The molecule has 0 amide bonds. The maximum Gasteiger partial charge on any atom is 0.232 e. The van der Waals surface area contributed by atoms with Crippen LogP contribution in [0.4, 0.5) is 23.1 Å². The Hall–Kier alpha value is -3.47. The summed E-state index contributed by atoms with van der Waals surface area (Å²) in [6.07, 6.45) is 2.83. The van der Waals surface area contributed by atoms with Crippen molar-refractivity contribution < 1.29 is 0 Å². The van der Waals surface area contributed by atoms with E-state index in [4.69, 9.17) is 4.98 Å². The van der Waals surface area contributed by atoms with Crippen molar-refractivity contribution in [3.05, 3.63) is 78.1 Å². The number of aromatic nitrogens is 3. The average Bonchev–Trinajstić information content (AvgIpc) is 3.12. The molecule has 0 bridgehead atoms. The number of rotatable bonds is 3. The number of nitrogens with zero attached hydrogens (tertiary/aromatic N) is 4. The Morgan fingerprint density at radius 2 is 1.85 bits per heavy atom. The van der Waals surface area contributed by atoms with E-state index in [1.165, 1.54) is 11.3 Å². The van der Waals surface area contributed by atoms with Gasteiger partial charge >= 0.3 is 0 Å². The number of benzene rings is 2. The van der Waals surface area contributed by atoms with Gasteiger partial charge in [-0.2, -0.15) is 4.98 Å². The van der Waals surface area contributed by atoms with Gasteiger partial charge in [0.25, 0.3) is 0 Å². The highest BCUT2D eigenvalue weighted by atomic mass is 15.3. The van der Waals surface area contributed by atoms with Gasteiger partial charge < -0.3 is 10.2 Å². The van der Waals surface area contributed by atoms with Gasteiger partial charge in [-0.15, -0.1) is 0 Å². The summed E-state index contributed by atoms with van der Waals surface area (Å²) in [6, 6.07) is 20.5. The van der Waals surface area contributed by atoms with Crippen LogP contribution in [0, 0.1) is 6.92 Å². The SMILES string of the molecule is Cc1cc(Nc2cccc3cccnc23)nc(N2CCc3ccccc32)n1. The lowest BCUT2D eigenvalue weighted by Gasteiger charge is -2.19. The second-order valence-electron chi connectivity index (χ2n) is 6.73. The van der Waals surface area contributed by atoms with Crippen molar-refractivity contribution in [1.82, 2.24) is 15.0 Å². The Morgan fingerprint density at radius 1 is 0.963 bits per heavy atom. The van der Waals surface area contributed by atoms with Crippen molar-refractivity contribution in [1.29, 1.82) is 0 Å². The molecule has 132 valence electrons. The smallest absolute Gasteiger partial charge is 0.232 e. The van der Waals surface area contributed by atoms with Crippen LogP contribution >= 0.6 is 0 Å². The molecule has 5 rings (SSSR count). The standard InChI is InChI=1S/C22H19N5/c1-15-14-20(25-18-9-4-7-17-8-5-12-23-21(17)18)26-22(24-15)27-13-11-16-6-2-3-10-19(16)27/h2-10,12,14H,11,13H2,1H3,(H,24,25,26). The lowest BCUT2D eigenvalue weighted by atomic mass is 10.2. The molecule has 0 spiro atoms. The van der Waals surface area contributed by atoms with Crippen LogP contribution in [0.3, 0.4) is 0 Å². The van der Waals surface area contributed by atoms with E-state index in [2.05, 4.69) is 56.6 Å². The van der Waals surface area contributed by atoms with Crippen LogP contribution in [0.15, 0.2) is 66.9 Å². The summed E-state index contributed by atoms with van der Waals surface area (Å²) in [6.45, 7) is 2.90. The van der Waals surface area contributed by atoms with Crippen molar-refractivity contribution >= 4 is 34.0 Å². The van der Waals surface area contributed by atoms with Crippen LogP contribution in [0.5, 0.6) is 0 Å². The number of nitrogens with one attached hydrogen (secondary N) is 1. The Labute approximate surface area is 157 Å². The molecule has 0 aliphatic carbocycles. The van der Waals surface area contributed by atoms with Crippen LogP contribution in [-0.2, 0) is 6.42 Å². The van der Waals surface area contributed by atoms with Gasteiger partial charge in [0.05, 0.1) is 11.2 Å². The second kappa shape index (κ2) is 6.36. The Balaban J connectivity index is 1.53. The molecule has 2 aromatic carbocycles. The normalized spacial score (nSPS) is 13.0. The second-order valence-corrected chi connectivity index (χ2v) is 6.73. The minimum atomic E-state index is 0.732. The molecule has 0 radical (unpaired) electrons. The Kier molecular flexibility index (Phi) is 3.71. The molecule has 0 atom stereocenters. The Bertz CT molecular complexity index is 1130. The summed E-state index contributed by atoms with van der Waals surface area (Å²) in [5.41, 5.74) is 5.35. The van der Waals surface area contributed by atoms with Crippen molar-refractivity contribution in [3.63, 3.8) is 0 Å². The number of para-hydroxylation sites is 2. The summed E-state index contributed by atoms with van der Waals surface area (Å²) in [5, 5.41) is 4.53. The van der Waals surface area contributed by atoms with Gasteiger partial charge in [0.2, 0.25) is 5.95 Å². The first-order chi connectivity index (χ1) is 13.3. The zero-order valence-electron chi connectivity index (χ0n) is 15.1. The van der Waals surface area contributed by atoms with Crippen LogP contribution in [0.25, 0.3) is 10.9 Å². The maximum atomic E-state index is 4.79. The first-order valence-corrected chi connectivity index (χ1v) is 9.10. The van der Waals surface area contributed by atoms with Gasteiger partial charge in [0, 0.05) is 35.6 Å². The molecule has 1 aliphatic rings. The van der Waals surface area contributed by atoms with Crippen LogP contribution < -0.4 is 10.2 Å². The van der Waals surface area contributed by atoms with Gasteiger partial charge in [-0.25, -0.2) is 4.98 Å². The molecular formula is C22H19N5. The van der Waals surface area contributed by atoms with E-state index in [9.17, 15) is 0 Å². The number of anilines is 4. The van der Waals surface area contributed by atoms with Gasteiger partial charge in [-0.3, -0.25) is 4.98 Å². The quantitative estimate of drug-likeness (QED) is 0.575. The molecule has 27 heavy (non-hydrogen) atoms. The van der Waals surface area contributed by atoms with Gasteiger partial charge in [0.15, 0.2) is 0 Å². The van der Waals surface area contributed by atoms with E-state index < -0.39 is 0 Å². The Morgan fingerprint density at radius 3 is 2.81 bits per heavy atom. The fourth-order valence-corrected chi connectivity index (χ4v) is 3.63. The first kappa shape index (κ1) is 15.8. The number of fused-ring (bicyclic) bond motifs is 2. The maximum absolute atomic E-state index is 4.79. The molecule has 4 aromatic rings. The lowest BCUT2D eigenvalue weighted by Crippen LogP contribution is -2.17. The van der Waals surface area contributed by atoms with Gasteiger partial charge in [-0.05, 0) is 37.1 Å². The largest absolute Gasteiger partial charge is 0.338 e. The monoisotopic (exact) mass is 353 g/mol. The minimum absolute atomic E-state index is 0.732. The molecule has 0 unspecified atom stereocenters. The van der Waals surface area contributed by atoms with E-state index in [-0.39, 0.29) is 0 Å². The van der Waals surface area contributed by atoms with E-state index in [0.29, 0.717) is 0 Å². The number of hydrogen-bond donors (Lipinski definition) is 1. The third-order valence-corrected chi connectivity index (χ3v) is 4.87. The van der Waals surface area contributed by atoms with Crippen molar-refractivity contribution in [2.45, 2.75) is 13.3 Å². The summed E-state index contributed by atoms with van der Waals surface area (Å²) < 4.78 is 0. The topological polar surface area (TPSA) is 53.9 Å². The molecule has 0 saturated heterocycles. The summed E-state index contributed by atoms with van der Waals surface area (Å²) in [4.78, 5) is 16.2. The van der Waals surface area contributed by atoms with E-state index in [1.807, 2.05) is 37.4 Å². The molecule has 0 saturated carbocycles. The van der Waals surface area contributed by atoms with Crippen LogP contribution in [0.1, 0.15) is 11.3 Å². The fraction of sp³-hybridized carbons (Fsp3) is 0.136. The minimum Gasteiger partial charge on any atom is -0.338 e. The molecule has 0 fully saturated rings. The zero-order chi connectivity index (χ0) is 18.2. The van der Waals surface area contributed by atoms with Crippen molar-refractivity contribution in [2.24, 2.45) is 0 Å². The zero-order valence-corrected chi connectivity index (χ0v) is 15.1. The highest BCUT2D eigenvalue weighted by Gasteiger charge is 2.22. The molecule has 5 nitrogen and oxygen atoms in total. The van der Waals surface area contributed by atoms with Gasteiger partial charge in [-0.1, -0.05) is 36.4 Å². The summed E-state index contributed by atoms with van der Waals surface area (Å²) in [7, 11) is 0. The predicted molar refractivity (Wildman–Crippen MR) is 109 cm³/mol. The van der Waals surface area contributed by atoms with E-state index >= 15 is 0 Å². The predicted octanol–water partition coefficient (Wildman–Crippen LogP) is 4.77. The van der Waals surface area contributed by atoms with Crippen LogP contribution in [-0.4, -0.2) is 21.5 Å². The number of aryl methyl sites for hydroxylation is 1. The molecule has 3 heterocycles. The lowest BCUT2D eigenvalue weighted by molar-refractivity contribution is 0.931. The highest BCUT2D eigenvalue weighted by Crippen LogP contribution is 2.33. The van der Waals surface area contributed by atoms with E-state index in [1.54, 1.807) is 0 Å². The van der Waals surface area contributed by atoms with Crippen molar-refractivity contribution in [2.75, 3.05) is 16.8 Å².